The molecular weight excluding hydrogens is 178 g/mol. The summed E-state index contributed by atoms with van der Waals surface area (Å²) in [5.74, 6) is -2.17. The van der Waals surface area contributed by atoms with E-state index in [1.165, 1.54) is 4.90 Å². The second-order valence-electron chi connectivity index (χ2n) is 3.07. The summed E-state index contributed by atoms with van der Waals surface area (Å²) in [6.07, 6.45) is -0.636. The molecule has 6 heteroatoms. The van der Waals surface area contributed by atoms with E-state index < -0.39 is 24.1 Å². The van der Waals surface area contributed by atoms with Crippen LogP contribution >= 0.6 is 0 Å². The van der Waals surface area contributed by atoms with Crippen molar-refractivity contribution in [3.05, 3.63) is 0 Å². The van der Waals surface area contributed by atoms with Crippen LogP contribution in [0.3, 0.4) is 0 Å². The maximum absolute atomic E-state index is 10.6. The van der Waals surface area contributed by atoms with Gasteiger partial charge in [-0.2, -0.15) is 0 Å². The van der Waals surface area contributed by atoms with Crippen molar-refractivity contribution in [1.82, 2.24) is 4.90 Å². The van der Waals surface area contributed by atoms with Gasteiger partial charge in [0.2, 0.25) is 0 Å². The number of aliphatic carboxylic acids is 2. The molecule has 3 N–H and O–H groups in total. The maximum Gasteiger partial charge on any atom is 0.321 e. The molecule has 2 unspecified atom stereocenters. The Labute approximate surface area is 74.4 Å². The van der Waals surface area contributed by atoms with Crippen LogP contribution in [-0.2, 0) is 9.59 Å². The molecule has 6 nitrogen and oxygen atoms in total. The number of carboxylic acids is 2. The fraction of sp³-hybridized carbons (Fsp3) is 0.714. The van der Waals surface area contributed by atoms with Crippen LogP contribution in [0, 0.1) is 0 Å². The fourth-order valence-electron chi connectivity index (χ4n) is 1.48. The van der Waals surface area contributed by atoms with Gasteiger partial charge < -0.3 is 15.3 Å². The van der Waals surface area contributed by atoms with E-state index in [2.05, 4.69) is 0 Å². The minimum absolute atomic E-state index is 0.0998. The largest absolute Gasteiger partial charge is 0.480 e. The highest BCUT2D eigenvalue weighted by Crippen LogP contribution is 2.17. The summed E-state index contributed by atoms with van der Waals surface area (Å²) < 4.78 is 0. The Bertz CT molecular complexity index is 229. The quantitative estimate of drug-likeness (QED) is 0.504. The predicted octanol–water partition coefficient (Wildman–Crippen LogP) is -1.41. The zero-order valence-corrected chi connectivity index (χ0v) is 6.88. The van der Waals surface area contributed by atoms with Gasteiger partial charge in [0, 0.05) is 13.0 Å². The monoisotopic (exact) mass is 189 g/mol. The van der Waals surface area contributed by atoms with Crippen molar-refractivity contribution in [3.63, 3.8) is 0 Å². The number of nitrogens with zero attached hydrogens (tertiary/aromatic N) is 1. The summed E-state index contributed by atoms with van der Waals surface area (Å²) in [6, 6.07) is -0.869. The lowest BCUT2D eigenvalue weighted by molar-refractivity contribution is -0.144. The first kappa shape index (κ1) is 9.94. The van der Waals surface area contributed by atoms with Gasteiger partial charge >= 0.3 is 11.9 Å². The Morgan fingerprint density at radius 1 is 1.38 bits per heavy atom. The van der Waals surface area contributed by atoms with Crippen molar-refractivity contribution in [2.45, 2.75) is 18.6 Å². The summed E-state index contributed by atoms with van der Waals surface area (Å²) in [5, 5.41) is 26.2. The Morgan fingerprint density at radius 3 is 2.46 bits per heavy atom. The standard InChI is InChI=1S/C7H11NO5/c9-4-1-5(7(12)13)8(2-4)3-6(10)11/h4-5,9H,1-3H2,(H,10,11)(H,12,13). The van der Waals surface area contributed by atoms with Gasteiger partial charge in [-0.1, -0.05) is 0 Å². The van der Waals surface area contributed by atoms with Crippen molar-refractivity contribution in [1.29, 1.82) is 0 Å². The van der Waals surface area contributed by atoms with Crippen molar-refractivity contribution in [2.24, 2.45) is 0 Å². The number of carbonyl (C=O) groups is 2. The molecule has 74 valence electrons. The number of aliphatic hydroxyl groups excluding tert-OH is 1. The van der Waals surface area contributed by atoms with Gasteiger partial charge in [-0.05, 0) is 0 Å². The number of aliphatic hydroxyl groups is 1. The molecular formula is C7H11NO5. The second-order valence-corrected chi connectivity index (χ2v) is 3.07. The fourth-order valence-corrected chi connectivity index (χ4v) is 1.48. The summed E-state index contributed by atoms with van der Waals surface area (Å²) in [5.41, 5.74) is 0. The molecule has 0 aromatic carbocycles. The molecule has 0 spiro atoms. The molecule has 1 heterocycles. The van der Waals surface area contributed by atoms with Gasteiger partial charge in [-0.25, -0.2) is 0 Å². The highest BCUT2D eigenvalue weighted by molar-refractivity contribution is 5.76. The topological polar surface area (TPSA) is 98.1 Å². The molecule has 2 atom stereocenters. The second kappa shape index (κ2) is 3.71. The smallest absolute Gasteiger partial charge is 0.321 e. The Morgan fingerprint density at radius 2 is 2.00 bits per heavy atom. The molecule has 0 aromatic rings. The van der Waals surface area contributed by atoms with Crippen LogP contribution in [0.25, 0.3) is 0 Å². The third kappa shape index (κ3) is 2.40. The van der Waals surface area contributed by atoms with E-state index in [-0.39, 0.29) is 19.5 Å². The van der Waals surface area contributed by atoms with Gasteiger partial charge in [0.1, 0.15) is 6.04 Å². The molecule has 0 aliphatic carbocycles. The average Bonchev–Trinajstić information content (AvgIpc) is 2.29. The van der Waals surface area contributed by atoms with Gasteiger partial charge in [0.15, 0.2) is 0 Å². The van der Waals surface area contributed by atoms with Crippen molar-refractivity contribution < 1.29 is 24.9 Å². The molecule has 1 aliphatic heterocycles. The Hall–Kier alpha value is -1.14. The molecule has 1 rings (SSSR count). The van der Waals surface area contributed by atoms with Crippen LogP contribution in [0.15, 0.2) is 0 Å². The number of β-amino-alcohol motifs (C(OH)–C–C–N with tert-alkyl or cyclic N) is 1. The van der Waals surface area contributed by atoms with Crippen molar-refractivity contribution in [3.8, 4) is 0 Å². The van der Waals surface area contributed by atoms with Crippen molar-refractivity contribution >= 4 is 11.9 Å². The number of hydrogen-bond donors (Lipinski definition) is 3. The van der Waals surface area contributed by atoms with E-state index in [1.807, 2.05) is 0 Å². The SMILES string of the molecule is O=C(O)CN1CC(O)CC1C(=O)O. The summed E-state index contributed by atoms with van der Waals surface area (Å²) in [6.45, 7) is -0.225. The predicted molar refractivity (Wildman–Crippen MR) is 41.3 cm³/mol. The minimum Gasteiger partial charge on any atom is -0.480 e. The maximum atomic E-state index is 10.6. The number of carboxylic acid groups (broad SMARTS) is 2. The molecule has 13 heavy (non-hydrogen) atoms. The lowest BCUT2D eigenvalue weighted by atomic mass is 10.2. The highest BCUT2D eigenvalue weighted by atomic mass is 16.4. The molecule has 0 amide bonds. The third-order valence-electron chi connectivity index (χ3n) is 2.00. The lowest BCUT2D eigenvalue weighted by Gasteiger charge is -2.17. The zero-order valence-electron chi connectivity index (χ0n) is 6.88. The molecule has 0 aromatic heterocycles. The van der Waals surface area contributed by atoms with Gasteiger partial charge in [-0.3, -0.25) is 14.5 Å². The van der Waals surface area contributed by atoms with Crippen LogP contribution in [0.5, 0.6) is 0 Å². The van der Waals surface area contributed by atoms with Gasteiger partial charge in [-0.15, -0.1) is 0 Å². The molecule has 1 aliphatic rings. The minimum atomic E-state index is -1.09. The third-order valence-corrected chi connectivity index (χ3v) is 2.00. The van der Waals surface area contributed by atoms with E-state index in [9.17, 15) is 9.59 Å². The van der Waals surface area contributed by atoms with E-state index >= 15 is 0 Å². The lowest BCUT2D eigenvalue weighted by Crippen LogP contribution is -2.39. The van der Waals surface area contributed by atoms with Crippen molar-refractivity contribution in [2.75, 3.05) is 13.1 Å². The first-order chi connectivity index (χ1) is 6.00. The van der Waals surface area contributed by atoms with Crippen LogP contribution in [0.1, 0.15) is 6.42 Å². The summed E-state index contributed by atoms with van der Waals surface area (Å²) >= 11 is 0. The van der Waals surface area contributed by atoms with E-state index in [0.29, 0.717) is 0 Å². The van der Waals surface area contributed by atoms with E-state index in [1.54, 1.807) is 0 Å². The Kier molecular flexibility index (Phi) is 2.84. The van der Waals surface area contributed by atoms with Crippen LogP contribution in [-0.4, -0.2) is 57.4 Å². The highest BCUT2D eigenvalue weighted by Gasteiger charge is 2.36. The van der Waals surface area contributed by atoms with Crippen LogP contribution < -0.4 is 0 Å². The molecule has 1 saturated heterocycles. The summed E-state index contributed by atoms with van der Waals surface area (Å²) in [7, 11) is 0. The van der Waals surface area contributed by atoms with Crippen LogP contribution in [0.2, 0.25) is 0 Å². The normalized spacial score (nSPS) is 29.0. The van der Waals surface area contributed by atoms with Crippen LogP contribution in [0.4, 0.5) is 0 Å². The molecule has 0 saturated carbocycles. The van der Waals surface area contributed by atoms with Gasteiger partial charge in [0.05, 0.1) is 12.6 Å². The number of rotatable bonds is 3. The Balaban J connectivity index is 2.60. The number of hydrogen-bond acceptors (Lipinski definition) is 4. The molecule has 0 bridgehead atoms. The average molecular weight is 189 g/mol. The summed E-state index contributed by atoms with van der Waals surface area (Å²) in [4.78, 5) is 22.2. The van der Waals surface area contributed by atoms with E-state index in [4.69, 9.17) is 15.3 Å². The first-order valence-corrected chi connectivity index (χ1v) is 3.87. The van der Waals surface area contributed by atoms with Gasteiger partial charge in [0.25, 0.3) is 0 Å². The number of likely N-dealkylation sites (tertiary alicyclic amines) is 1. The zero-order chi connectivity index (χ0) is 10.0. The molecule has 1 fully saturated rings. The molecule has 0 radical (unpaired) electrons. The van der Waals surface area contributed by atoms with E-state index in [0.717, 1.165) is 0 Å². The first-order valence-electron chi connectivity index (χ1n) is 3.87.